The number of carbonyl (C=O) groups is 1. The van der Waals surface area contributed by atoms with E-state index in [0.717, 1.165) is 0 Å². The highest BCUT2D eigenvalue weighted by atomic mass is 35.5. The molecule has 3 fully saturated rings. The second-order valence-electron chi connectivity index (χ2n) is 9.16. The molecule has 1 aromatic carbocycles. The van der Waals surface area contributed by atoms with Crippen LogP contribution in [0.25, 0.3) is 11.0 Å². The highest BCUT2D eigenvalue weighted by molar-refractivity contribution is 6.31. The van der Waals surface area contributed by atoms with Gasteiger partial charge >= 0.3 is 5.97 Å². The summed E-state index contributed by atoms with van der Waals surface area (Å²) in [4.78, 5) is 28.8. The van der Waals surface area contributed by atoms with Crippen LogP contribution in [-0.4, -0.2) is 16.1 Å². The van der Waals surface area contributed by atoms with Gasteiger partial charge in [0.25, 0.3) is 0 Å². The summed E-state index contributed by atoms with van der Waals surface area (Å²) in [7, 11) is 0. The smallest absolute Gasteiger partial charge is 0.356 e. The largest absolute Gasteiger partial charge is 0.476 e. The van der Waals surface area contributed by atoms with Gasteiger partial charge < -0.3 is 14.8 Å². The lowest BCUT2D eigenvalue weighted by atomic mass is 9.35. The van der Waals surface area contributed by atoms with Crippen molar-refractivity contribution in [2.45, 2.75) is 44.6 Å². The minimum absolute atomic E-state index is 0.0682. The van der Waals surface area contributed by atoms with Gasteiger partial charge in [-0.15, -0.1) is 0 Å². The lowest BCUT2D eigenvalue weighted by Crippen LogP contribution is -2.64. The Balaban J connectivity index is 1.61. The predicted octanol–water partition coefficient (Wildman–Crippen LogP) is 5.62. The molecule has 3 aliphatic rings. The van der Waals surface area contributed by atoms with E-state index in [2.05, 4.69) is 16.4 Å². The van der Waals surface area contributed by atoms with Crippen LogP contribution in [-0.2, 0) is 5.41 Å². The highest BCUT2D eigenvalue weighted by Crippen LogP contribution is 2.73. The molecule has 2 aromatic heterocycles. The Morgan fingerprint density at radius 2 is 2.00 bits per heavy atom. The lowest BCUT2D eigenvalue weighted by Gasteiger charge is -2.66. The number of nitrogens with one attached hydrogen (secondary N) is 1. The molecule has 3 aliphatic carbocycles. The third-order valence-corrected chi connectivity index (χ3v) is 7.29. The molecule has 0 saturated heterocycles. The van der Waals surface area contributed by atoms with E-state index < -0.39 is 12.0 Å². The number of hydrogen-bond acceptors (Lipinski definition) is 6. The molecule has 6 rings (SSSR count). The number of benzene rings is 1. The molecule has 0 amide bonds. The summed E-state index contributed by atoms with van der Waals surface area (Å²) in [5, 5.41) is 22.8. The number of fused-ring (bicyclic) bond motifs is 1. The Morgan fingerprint density at radius 1 is 1.30 bits per heavy atom. The minimum atomic E-state index is -1.22. The first kappa shape index (κ1) is 21.7. The van der Waals surface area contributed by atoms with Gasteiger partial charge in [-0.05, 0) is 57.4 Å². The SMILES string of the molecule is Cc1c(C23CC(C#N)(C2)C3)oc2c([C@@H](C)Nc3ccc(Cl)nc3C(=O)O)cc(Cl)cc2c1=O. The number of carboxylic acids is 1. The third-order valence-electron chi connectivity index (χ3n) is 6.86. The number of pyridine rings is 1. The predicted molar refractivity (Wildman–Crippen MR) is 124 cm³/mol. The number of hydrogen-bond donors (Lipinski definition) is 2. The fourth-order valence-electron chi connectivity index (χ4n) is 5.38. The molecule has 1 atom stereocenters. The van der Waals surface area contributed by atoms with Crippen LogP contribution in [0, 0.1) is 23.7 Å². The fourth-order valence-corrected chi connectivity index (χ4v) is 5.76. The Bertz CT molecular complexity index is 1440. The molecular weight excluding hydrogens is 465 g/mol. The van der Waals surface area contributed by atoms with Gasteiger partial charge in [0.05, 0.1) is 28.6 Å². The van der Waals surface area contributed by atoms with Crippen molar-refractivity contribution in [3.05, 3.63) is 67.2 Å². The molecule has 9 heteroatoms. The van der Waals surface area contributed by atoms with E-state index in [4.69, 9.17) is 27.6 Å². The number of rotatable bonds is 5. The van der Waals surface area contributed by atoms with Gasteiger partial charge in [-0.25, -0.2) is 9.78 Å². The van der Waals surface area contributed by atoms with E-state index in [1.54, 1.807) is 19.1 Å². The third kappa shape index (κ3) is 3.20. The number of aromatic carboxylic acids is 1. The van der Waals surface area contributed by atoms with Crippen molar-refractivity contribution >= 4 is 45.8 Å². The maximum Gasteiger partial charge on any atom is 0.356 e. The molecule has 3 aromatic rings. The topological polar surface area (TPSA) is 116 Å². The van der Waals surface area contributed by atoms with Crippen LogP contribution in [0.4, 0.5) is 5.69 Å². The molecule has 0 aliphatic heterocycles. The first-order valence-corrected chi connectivity index (χ1v) is 11.2. The van der Waals surface area contributed by atoms with E-state index in [-0.39, 0.29) is 32.8 Å². The monoisotopic (exact) mass is 483 g/mol. The van der Waals surface area contributed by atoms with Gasteiger partial charge in [0.1, 0.15) is 16.5 Å². The molecule has 2 heterocycles. The van der Waals surface area contributed by atoms with E-state index in [1.165, 1.54) is 12.1 Å². The number of halogens is 2. The number of nitrogens with zero attached hydrogens (tertiary/aromatic N) is 2. The maximum absolute atomic E-state index is 13.3. The minimum Gasteiger partial charge on any atom is -0.476 e. The number of nitriles is 1. The summed E-state index contributed by atoms with van der Waals surface area (Å²) >= 11 is 12.2. The molecule has 3 saturated carbocycles. The molecule has 33 heavy (non-hydrogen) atoms. The normalized spacial score (nSPS) is 23.8. The van der Waals surface area contributed by atoms with Crippen LogP contribution in [0.15, 0.2) is 33.5 Å². The number of carboxylic acid groups (broad SMARTS) is 1. The van der Waals surface area contributed by atoms with Crippen molar-refractivity contribution in [1.29, 1.82) is 5.26 Å². The zero-order valence-electron chi connectivity index (χ0n) is 17.8. The van der Waals surface area contributed by atoms with Crippen LogP contribution in [0.5, 0.6) is 0 Å². The Labute approximate surface area is 198 Å². The molecule has 2 bridgehead atoms. The standard InChI is InChI=1S/C24H19Cl2N3O4/c1-11-19(30)15-6-13(25)5-14(12(2)28-16-3-4-17(26)29-18(16)22(31)32)20(15)33-21(11)24-7-23(8-24,9-24)10-27/h3-6,12,28H,7-9H2,1-2H3,(H,31,32)/t12-,23?,24?/m1/s1. The van der Waals surface area contributed by atoms with Gasteiger partial charge in [-0.1, -0.05) is 23.2 Å². The molecular formula is C24H19Cl2N3O4. The van der Waals surface area contributed by atoms with Gasteiger partial charge in [0, 0.05) is 21.6 Å². The van der Waals surface area contributed by atoms with E-state index in [0.29, 0.717) is 52.1 Å². The van der Waals surface area contributed by atoms with Crippen molar-refractivity contribution in [1.82, 2.24) is 4.98 Å². The Hall–Kier alpha value is -3.08. The second-order valence-corrected chi connectivity index (χ2v) is 9.98. The average Bonchev–Trinajstić information content (AvgIpc) is 2.71. The molecule has 168 valence electrons. The Kier molecular flexibility index (Phi) is 4.75. The van der Waals surface area contributed by atoms with E-state index in [9.17, 15) is 20.0 Å². The summed E-state index contributed by atoms with van der Waals surface area (Å²) in [5.41, 5.74) is 0.911. The number of aromatic nitrogens is 1. The average molecular weight is 484 g/mol. The van der Waals surface area contributed by atoms with Crippen LogP contribution in [0.1, 0.15) is 59.6 Å². The first-order chi connectivity index (χ1) is 15.6. The molecule has 2 N–H and O–H groups in total. The summed E-state index contributed by atoms with van der Waals surface area (Å²) in [6.45, 7) is 3.57. The highest BCUT2D eigenvalue weighted by Gasteiger charge is 2.71. The molecule has 0 unspecified atom stereocenters. The molecule has 0 radical (unpaired) electrons. The summed E-state index contributed by atoms with van der Waals surface area (Å²) in [6.07, 6.45) is 2.09. The summed E-state index contributed by atoms with van der Waals surface area (Å²) < 4.78 is 6.39. The lowest BCUT2D eigenvalue weighted by molar-refractivity contribution is -0.106. The van der Waals surface area contributed by atoms with Crippen LogP contribution < -0.4 is 10.7 Å². The quantitative estimate of drug-likeness (QED) is 0.452. The Morgan fingerprint density at radius 3 is 2.64 bits per heavy atom. The van der Waals surface area contributed by atoms with Gasteiger partial charge in [-0.3, -0.25) is 4.79 Å². The van der Waals surface area contributed by atoms with Crippen molar-refractivity contribution < 1.29 is 14.3 Å². The number of anilines is 1. The van der Waals surface area contributed by atoms with Crippen molar-refractivity contribution in [3.8, 4) is 6.07 Å². The summed E-state index contributed by atoms with van der Waals surface area (Å²) in [6, 6.07) is 8.23. The molecule has 0 spiro atoms. The zero-order chi connectivity index (χ0) is 23.7. The van der Waals surface area contributed by atoms with Crippen molar-refractivity contribution in [2.75, 3.05) is 5.32 Å². The second kappa shape index (κ2) is 7.21. The van der Waals surface area contributed by atoms with Crippen molar-refractivity contribution in [2.24, 2.45) is 5.41 Å². The van der Waals surface area contributed by atoms with Crippen LogP contribution in [0.3, 0.4) is 0 Å². The van der Waals surface area contributed by atoms with Gasteiger partial charge in [-0.2, -0.15) is 5.26 Å². The fraction of sp³-hybridized carbons (Fsp3) is 0.333. The maximum atomic E-state index is 13.3. The van der Waals surface area contributed by atoms with Gasteiger partial charge in [0.2, 0.25) is 0 Å². The van der Waals surface area contributed by atoms with Crippen LogP contribution >= 0.6 is 23.2 Å². The zero-order valence-corrected chi connectivity index (χ0v) is 19.3. The van der Waals surface area contributed by atoms with E-state index >= 15 is 0 Å². The van der Waals surface area contributed by atoms with Crippen molar-refractivity contribution in [3.63, 3.8) is 0 Å². The molecule has 7 nitrogen and oxygen atoms in total. The first-order valence-electron chi connectivity index (χ1n) is 10.4. The summed E-state index contributed by atoms with van der Waals surface area (Å²) in [5.74, 6) is -0.588. The van der Waals surface area contributed by atoms with Gasteiger partial charge in [0.15, 0.2) is 11.1 Å². The van der Waals surface area contributed by atoms with E-state index in [1.807, 2.05) is 6.92 Å². The van der Waals surface area contributed by atoms with Crippen LogP contribution in [0.2, 0.25) is 10.2 Å².